The lowest BCUT2D eigenvalue weighted by Gasteiger charge is -2.12. The van der Waals surface area contributed by atoms with E-state index in [0.717, 1.165) is 0 Å². The number of amides is 2. The third kappa shape index (κ3) is 5.37. The van der Waals surface area contributed by atoms with Gasteiger partial charge in [0.15, 0.2) is 0 Å². The van der Waals surface area contributed by atoms with Crippen LogP contribution in [-0.2, 0) is 9.59 Å². The van der Waals surface area contributed by atoms with Crippen molar-refractivity contribution in [3.63, 3.8) is 0 Å². The van der Waals surface area contributed by atoms with Crippen LogP contribution in [0.25, 0.3) is 6.08 Å². The van der Waals surface area contributed by atoms with Crippen LogP contribution in [0.2, 0.25) is 10.2 Å². The van der Waals surface area contributed by atoms with Gasteiger partial charge in [-0.3, -0.25) is 9.59 Å². The Labute approximate surface area is 183 Å². The summed E-state index contributed by atoms with van der Waals surface area (Å²) in [7, 11) is 1.50. The van der Waals surface area contributed by atoms with Crippen molar-refractivity contribution in [3.8, 4) is 5.75 Å². The molecule has 1 heterocycles. The van der Waals surface area contributed by atoms with E-state index in [0.29, 0.717) is 27.7 Å². The van der Waals surface area contributed by atoms with Gasteiger partial charge < -0.3 is 15.4 Å². The number of para-hydroxylation sites is 1. The van der Waals surface area contributed by atoms with E-state index in [4.69, 9.17) is 27.9 Å². The molecular formula is C22H17Cl2N3O3. The number of hydrogen-bond acceptors (Lipinski definition) is 4. The molecule has 0 bridgehead atoms. The molecule has 0 saturated heterocycles. The first-order valence-corrected chi connectivity index (χ1v) is 9.57. The first kappa shape index (κ1) is 21.4. The monoisotopic (exact) mass is 441 g/mol. The fourth-order valence-corrected chi connectivity index (χ4v) is 2.87. The Kier molecular flexibility index (Phi) is 7.06. The highest BCUT2D eigenvalue weighted by molar-refractivity contribution is 6.36. The first-order valence-electron chi connectivity index (χ1n) is 8.81. The van der Waals surface area contributed by atoms with Gasteiger partial charge in [0.25, 0.3) is 11.8 Å². The van der Waals surface area contributed by atoms with Gasteiger partial charge in [0, 0.05) is 23.5 Å². The second-order valence-electron chi connectivity index (χ2n) is 6.06. The quantitative estimate of drug-likeness (QED) is 0.242. The molecule has 0 radical (unpaired) electrons. The molecule has 152 valence electrons. The standard InChI is InChI=1S/C22H17Cl2N3O3/c1-30-16-9-10-18(23)19(13-16)27-22(29)17(12-14-6-5-11-25-20(14)24)21(28)26-15-7-3-2-4-8-15/h2-13H,1H3,(H,26,28)(H,27,29)/b17-12+. The van der Waals surface area contributed by atoms with Crippen molar-refractivity contribution >= 4 is 52.5 Å². The SMILES string of the molecule is COc1ccc(Cl)c(NC(=O)/C(=C/c2cccnc2Cl)C(=O)Nc2ccccc2)c1. The van der Waals surface area contributed by atoms with Gasteiger partial charge in [-0.2, -0.15) is 0 Å². The van der Waals surface area contributed by atoms with Crippen LogP contribution < -0.4 is 15.4 Å². The van der Waals surface area contributed by atoms with E-state index in [1.807, 2.05) is 6.07 Å². The number of hydrogen-bond donors (Lipinski definition) is 2. The average molecular weight is 442 g/mol. The number of rotatable bonds is 6. The van der Waals surface area contributed by atoms with Gasteiger partial charge in [-0.15, -0.1) is 0 Å². The van der Waals surface area contributed by atoms with E-state index < -0.39 is 11.8 Å². The minimum Gasteiger partial charge on any atom is -0.497 e. The van der Waals surface area contributed by atoms with E-state index in [2.05, 4.69) is 15.6 Å². The molecule has 0 aliphatic heterocycles. The molecule has 0 aliphatic rings. The molecular weight excluding hydrogens is 425 g/mol. The summed E-state index contributed by atoms with van der Waals surface area (Å²) in [6, 6.07) is 16.9. The molecule has 1 aromatic heterocycles. The predicted octanol–water partition coefficient (Wildman–Crippen LogP) is 5.06. The van der Waals surface area contributed by atoms with Gasteiger partial charge in [-0.25, -0.2) is 4.98 Å². The summed E-state index contributed by atoms with van der Waals surface area (Å²) in [6.45, 7) is 0. The fraction of sp³-hybridized carbons (Fsp3) is 0.0455. The summed E-state index contributed by atoms with van der Waals surface area (Å²) in [6.07, 6.45) is 2.89. The van der Waals surface area contributed by atoms with Crippen molar-refractivity contribution in [3.05, 3.63) is 88.2 Å². The molecule has 0 saturated carbocycles. The minimum atomic E-state index is -0.668. The van der Waals surface area contributed by atoms with Crippen LogP contribution in [0.5, 0.6) is 5.75 Å². The Morgan fingerprint density at radius 2 is 1.70 bits per heavy atom. The van der Waals surface area contributed by atoms with Crippen LogP contribution in [0.3, 0.4) is 0 Å². The Morgan fingerprint density at radius 3 is 2.40 bits per heavy atom. The van der Waals surface area contributed by atoms with Crippen molar-refractivity contribution in [2.24, 2.45) is 0 Å². The highest BCUT2D eigenvalue weighted by Gasteiger charge is 2.21. The number of aromatic nitrogens is 1. The molecule has 0 aliphatic carbocycles. The van der Waals surface area contributed by atoms with Gasteiger partial charge in [0.1, 0.15) is 16.5 Å². The normalized spacial score (nSPS) is 11.0. The van der Waals surface area contributed by atoms with Crippen LogP contribution in [0, 0.1) is 0 Å². The van der Waals surface area contributed by atoms with Gasteiger partial charge in [-0.1, -0.05) is 47.5 Å². The maximum Gasteiger partial charge on any atom is 0.261 e. The molecule has 0 unspecified atom stereocenters. The second-order valence-corrected chi connectivity index (χ2v) is 6.83. The van der Waals surface area contributed by atoms with Crippen molar-refractivity contribution in [2.75, 3.05) is 17.7 Å². The number of ether oxygens (including phenoxy) is 1. The van der Waals surface area contributed by atoms with Gasteiger partial charge >= 0.3 is 0 Å². The van der Waals surface area contributed by atoms with E-state index in [1.54, 1.807) is 54.6 Å². The smallest absolute Gasteiger partial charge is 0.261 e. The summed E-state index contributed by atoms with van der Waals surface area (Å²) in [5, 5.41) is 5.80. The number of carbonyl (C=O) groups excluding carboxylic acids is 2. The maximum atomic E-state index is 13.0. The molecule has 30 heavy (non-hydrogen) atoms. The molecule has 0 atom stereocenters. The molecule has 3 rings (SSSR count). The zero-order chi connectivity index (χ0) is 21.5. The summed E-state index contributed by atoms with van der Waals surface area (Å²) in [5.74, 6) is -0.777. The van der Waals surface area contributed by atoms with Crippen LogP contribution in [-0.4, -0.2) is 23.9 Å². The number of carbonyl (C=O) groups is 2. The van der Waals surface area contributed by atoms with E-state index in [-0.39, 0.29) is 10.7 Å². The number of nitrogens with zero attached hydrogens (tertiary/aromatic N) is 1. The lowest BCUT2D eigenvalue weighted by molar-refractivity contribution is -0.118. The molecule has 2 N–H and O–H groups in total. The second kappa shape index (κ2) is 9.91. The third-order valence-electron chi connectivity index (χ3n) is 4.03. The van der Waals surface area contributed by atoms with Gasteiger partial charge in [0.05, 0.1) is 17.8 Å². The number of methoxy groups -OCH3 is 1. The fourth-order valence-electron chi connectivity index (χ4n) is 2.53. The lowest BCUT2D eigenvalue weighted by atomic mass is 10.1. The average Bonchev–Trinajstić information content (AvgIpc) is 2.75. The van der Waals surface area contributed by atoms with Crippen molar-refractivity contribution in [2.45, 2.75) is 0 Å². The number of nitrogens with one attached hydrogen (secondary N) is 2. The zero-order valence-electron chi connectivity index (χ0n) is 15.9. The molecule has 3 aromatic rings. The Balaban J connectivity index is 1.95. The Hall–Kier alpha value is -3.35. The molecule has 2 amide bonds. The maximum absolute atomic E-state index is 13.0. The molecule has 2 aromatic carbocycles. The molecule has 6 nitrogen and oxygen atoms in total. The summed E-state index contributed by atoms with van der Waals surface area (Å²) >= 11 is 12.3. The largest absolute Gasteiger partial charge is 0.497 e. The zero-order valence-corrected chi connectivity index (χ0v) is 17.4. The highest BCUT2D eigenvalue weighted by Crippen LogP contribution is 2.27. The van der Waals surface area contributed by atoms with Crippen LogP contribution >= 0.6 is 23.2 Å². The van der Waals surface area contributed by atoms with Crippen LogP contribution in [0.15, 0.2) is 72.4 Å². The van der Waals surface area contributed by atoms with Gasteiger partial charge in [-0.05, 0) is 36.4 Å². The minimum absolute atomic E-state index is 0.162. The summed E-state index contributed by atoms with van der Waals surface area (Å²) in [5.41, 5.74) is 1.09. The summed E-state index contributed by atoms with van der Waals surface area (Å²) in [4.78, 5) is 29.9. The van der Waals surface area contributed by atoms with Crippen LogP contribution in [0.1, 0.15) is 5.56 Å². The predicted molar refractivity (Wildman–Crippen MR) is 119 cm³/mol. The topological polar surface area (TPSA) is 80.3 Å². The number of anilines is 2. The number of pyridine rings is 1. The van der Waals surface area contributed by atoms with Gasteiger partial charge in [0.2, 0.25) is 0 Å². The molecule has 0 spiro atoms. The number of benzene rings is 2. The molecule has 0 fully saturated rings. The Morgan fingerprint density at radius 1 is 0.967 bits per heavy atom. The Bertz CT molecular complexity index is 1100. The van der Waals surface area contributed by atoms with E-state index in [1.165, 1.54) is 19.4 Å². The first-order chi connectivity index (χ1) is 14.5. The van der Waals surface area contributed by atoms with Crippen LogP contribution in [0.4, 0.5) is 11.4 Å². The lowest BCUT2D eigenvalue weighted by Crippen LogP contribution is -2.25. The third-order valence-corrected chi connectivity index (χ3v) is 4.68. The molecule has 8 heteroatoms. The highest BCUT2D eigenvalue weighted by atomic mass is 35.5. The summed E-state index contributed by atoms with van der Waals surface area (Å²) < 4.78 is 5.16. The van der Waals surface area contributed by atoms with Crippen molar-refractivity contribution in [1.29, 1.82) is 0 Å². The van der Waals surface area contributed by atoms with Crippen molar-refractivity contribution < 1.29 is 14.3 Å². The number of halogens is 2. The van der Waals surface area contributed by atoms with E-state index in [9.17, 15) is 9.59 Å². The van der Waals surface area contributed by atoms with E-state index >= 15 is 0 Å². The van der Waals surface area contributed by atoms with Crippen molar-refractivity contribution in [1.82, 2.24) is 4.98 Å².